The summed E-state index contributed by atoms with van der Waals surface area (Å²) in [6.45, 7) is 5.85. The molecule has 0 bridgehead atoms. The zero-order valence-corrected chi connectivity index (χ0v) is 17.6. The minimum atomic E-state index is -0.795. The highest BCUT2D eigenvalue weighted by Gasteiger charge is 2.34. The first-order chi connectivity index (χ1) is 14.0. The summed E-state index contributed by atoms with van der Waals surface area (Å²) >= 11 is 0. The van der Waals surface area contributed by atoms with Crippen LogP contribution < -0.4 is 0 Å². The van der Waals surface area contributed by atoms with Crippen LogP contribution in [0.25, 0.3) is 10.9 Å². The fourth-order valence-corrected chi connectivity index (χ4v) is 4.94. The molecule has 1 fully saturated rings. The number of aryl methyl sites for hydroxylation is 1. The highest BCUT2D eigenvalue weighted by molar-refractivity contribution is 6.05. The molecule has 1 aromatic heterocycles. The van der Waals surface area contributed by atoms with Crippen molar-refractivity contribution in [1.82, 2.24) is 9.88 Å². The fraction of sp³-hybridized carbons (Fsp3) is 0.542. The van der Waals surface area contributed by atoms with E-state index >= 15 is 0 Å². The maximum atomic E-state index is 13.3. The number of rotatable bonds is 3. The van der Waals surface area contributed by atoms with Gasteiger partial charge in [0.1, 0.15) is 0 Å². The molecule has 154 valence electrons. The number of esters is 1. The van der Waals surface area contributed by atoms with Gasteiger partial charge in [0.15, 0.2) is 6.10 Å². The van der Waals surface area contributed by atoms with Crippen molar-refractivity contribution < 1.29 is 14.3 Å². The van der Waals surface area contributed by atoms with E-state index < -0.39 is 12.1 Å². The third kappa shape index (κ3) is 3.75. The van der Waals surface area contributed by atoms with E-state index in [2.05, 4.69) is 13.8 Å². The molecule has 29 heavy (non-hydrogen) atoms. The first-order valence-electron chi connectivity index (χ1n) is 10.9. The largest absolute Gasteiger partial charge is 0.449 e. The van der Waals surface area contributed by atoms with Crippen LogP contribution in [-0.2, 0) is 22.4 Å². The van der Waals surface area contributed by atoms with Crippen molar-refractivity contribution in [2.45, 2.75) is 83.9 Å². The lowest BCUT2D eigenvalue weighted by Crippen LogP contribution is -2.51. The normalized spacial score (nSPS) is 22.8. The Bertz CT molecular complexity index is 929. The number of nitrogens with zero attached hydrogens (tertiary/aromatic N) is 2. The molecule has 1 amide bonds. The summed E-state index contributed by atoms with van der Waals surface area (Å²) < 4.78 is 5.76. The van der Waals surface area contributed by atoms with Crippen LogP contribution in [0.4, 0.5) is 0 Å². The molecule has 2 aliphatic rings. The molecule has 0 spiro atoms. The number of aromatic nitrogens is 1. The summed E-state index contributed by atoms with van der Waals surface area (Å²) in [5.41, 5.74) is 3.42. The number of amides is 1. The predicted octanol–water partition coefficient (Wildman–Crippen LogP) is 4.45. The molecule has 5 nitrogen and oxygen atoms in total. The monoisotopic (exact) mass is 394 g/mol. The van der Waals surface area contributed by atoms with E-state index in [1.165, 1.54) is 0 Å². The zero-order valence-electron chi connectivity index (χ0n) is 17.6. The number of para-hydroxylation sites is 1. The number of hydrogen-bond acceptors (Lipinski definition) is 4. The van der Waals surface area contributed by atoms with E-state index in [9.17, 15) is 9.59 Å². The molecule has 5 heteroatoms. The molecular formula is C24H30N2O3. The molecule has 1 aliphatic heterocycles. The molecular weight excluding hydrogens is 364 g/mol. The van der Waals surface area contributed by atoms with Crippen LogP contribution in [0.3, 0.4) is 0 Å². The maximum absolute atomic E-state index is 13.3. The second-order valence-corrected chi connectivity index (χ2v) is 8.56. The molecule has 1 aromatic carbocycles. The van der Waals surface area contributed by atoms with Gasteiger partial charge < -0.3 is 9.64 Å². The summed E-state index contributed by atoms with van der Waals surface area (Å²) in [4.78, 5) is 33.0. The Labute approximate surface area is 172 Å². The van der Waals surface area contributed by atoms with Gasteiger partial charge in [-0.25, -0.2) is 4.79 Å². The number of ether oxygens (including phenoxy) is 1. The van der Waals surface area contributed by atoms with Crippen molar-refractivity contribution >= 4 is 22.8 Å². The summed E-state index contributed by atoms with van der Waals surface area (Å²) in [5.74, 6) is -0.495. The van der Waals surface area contributed by atoms with Crippen molar-refractivity contribution in [2.24, 2.45) is 0 Å². The van der Waals surface area contributed by atoms with Gasteiger partial charge in [0.05, 0.1) is 11.1 Å². The number of likely N-dealkylation sites (tertiary alicyclic amines) is 1. The van der Waals surface area contributed by atoms with Crippen LogP contribution in [0.1, 0.15) is 74.5 Å². The van der Waals surface area contributed by atoms with Crippen molar-refractivity contribution in [1.29, 1.82) is 0 Å². The third-order valence-electron chi connectivity index (χ3n) is 6.45. The Kier molecular flexibility index (Phi) is 5.57. The van der Waals surface area contributed by atoms with E-state index in [0.29, 0.717) is 5.56 Å². The molecule has 0 N–H and O–H groups in total. The number of carbonyl (C=O) groups excluding carboxylic acids is 2. The average molecular weight is 395 g/mol. The van der Waals surface area contributed by atoms with Gasteiger partial charge in [-0.3, -0.25) is 9.78 Å². The van der Waals surface area contributed by atoms with E-state index in [0.717, 1.165) is 67.1 Å². The second kappa shape index (κ2) is 8.13. The summed E-state index contributed by atoms with van der Waals surface area (Å²) in [5, 5.41) is 0.817. The fourth-order valence-electron chi connectivity index (χ4n) is 4.94. The number of hydrogen-bond donors (Lipinski definition) is 0. The Balaban J connectivity index is 1.63. The molecule has 4 rings (SSSR count). The lowest BCUT2D eigenvalue weighted by Gasteiger charge is -2.40. The molecule has 0 unspecified atom stereocenters. The number of piperidine rings is 1. The van der Waals surface area contributed by atoms with E-state index in [-0.39, 0.29) is 18.0 Å². The Morgan fingerprint density at radius 3 is 2.52 bits per heavy atom. The predicted molar refractivity (Wildman–Crippen MR) is 113 cm³/mol. The van der Waals surface area contributed by atoms with Gasteiger partial charge >= 0.3 is 5.97 Å². The van der Waals surface area contributed by atoms with Crippen molar-refractivity contribution in [3.8, 4) is 0 Å². The van der Waals surface area contributed by atoms with Crippen molar-refractivity contribution in [2.75, 3.05) is 0 Å². The lowest BCUT2D eigenvalue weighted by atomic mass is 9.90. The highest BCUT2D eigenvalue weighted by Crippen LogP contribution is 2.30. The zero-order chi connectivity index (χ0) is 20.5. The maximum Gasteiger partial charge on any atom is 0.339 e. The van der Waals surface area contributed by atoms with Crippen LogP contribution in [0.15, 0.2) is 24.3 Å². The molecule has 0 radical (unpaired) electrons. The lowest BCUT2D eigenvalue weighted by molar-refractivity contribution is -0.146. The Morgan fingerprint density at radius 1 is 1.07 bits per heavy atom. The molecule has 1 aliphatic carbocycles. The van der Waals surface area contributed by atoms with Crippen LogP contribution in [-0.4, -0.2) is 39.9 Å². The minimum absolute atomic E-state index is 0.0923. The molecule has 0 saturated carbocycles. The Morgan fingerprint density at radius 2 is 1.76 bits per heavy atom. The SMILES string of the molecule is C[C@@H]1CCC[C@@H](C)N1C(=O)[C@@H](C)OC(=O)c1c2c(nc3ccccc13)CCCC2. The summed E-state index contributed by atoms with van der Waals surface area (Å²) in [7, 11) is 0. The van der Waals surface area contributed by atoms with Gasteiger partial charge in [-0.1, -0.05) is 18.2 Å². The van der Waals surface area contributed by atoms with Gasteiger partial charge in [0.25, 0.3) is 5.91 Å². The van der Waals surface area contributed by atoms with E-state index in [1.807, 2.05) is 29.2 Å². The standard InChI is InChI=1S/C24H30N2O3/c1-15-9-8-10-16(2)26(15)23(27)17(3)29-24(28)22-18-11-4-6-13-20(18)25-21-14-7-5-12-19(21)22/h4,6,11,13,15-17H,5,7-10,12,14H2,1-3H3/t15-,16-,17-/m1/s1. The first kappa shape index (κ1) is 19.9. The molecule has 2 aromatic rings. The van der Waals surface area contributed by atoms with Gasteiger partial charge in [-0.05, 0) is 77.3 Å². The van der Waals surface area contributed by atoms with Gasteiger partial charge in [-0.2, -0.15) is 0 Å². The van der Waals surface area contributed by atoms with Crippen molar-refractivity contribution in [3.63, 3.8) is 0 Å². The van der Waals surface area contributed by atoms with Gasteiger partial charge in [0.2, 0.25) is 0 Å². The van der Waals surface area contributed by atoms with E-state index in [1.54, 1.807) is 6.92 Å². The Hall–Kier alpha value is -2.43. The van der Waals surface area contributed by atoms with Crippen LogP contribution in [0.2, 0.25) is 0 Å². The molecule has 3 atom stereocenters. The van der Waals surface area contributed by atoms with Crippen LogP contribution in [0, 0.1) is 0 Å². The minimum Gasteiger partial charge on any atom is -0.449 e. The second-order valence-electron chi connectivity index (χ2n) is 8.56. The van der Waals surface area contributed by atoms with Crippen molar-refractivity contribution in [3.05, 3.63) is 41.1 Å². The average Bonchev–Trinajstić information content (AvgIpc) is 2.71. The quantitative estimate of drug-likeness (QED) is 0.722. The van der Waals surface area contributed by atoms with Gasteiger partial charge in [0, 0.05) is 23.2 Å². The summed E-state index contributed by atoms with van der Waals surface area (Å²) in [6, 6.07) is 8.08. The smallest absolute Gasteiger partial charge is 0.339 e. The third-order valence-corrected chi connectivity index (χ3v) is 6.45. The first-order valence-corrected chi connectivity index (χ1v) is 10.9. The van der Waals surface area contributed by atoms with Crippen LogP contribution in [0.5, 0.6) is 0 Å². The van der Waals surface area contributed by atoms with E-state index in [4.69, 9.17) is 9.72 Å². The number of fused-ring (bicyclic) bond motifs is 2. The highest BCUT2D eigenvalue weighted by atomic mass is 16.5. The molecule has 1 saturated heterocycles. The topological polar surface area (TPSA) is 59.5 Å². The molecule has 2 heterocycles. The van der Waals surface area contributed by atoms with Gasteiger partial charge in [-0.15, -0.1) is 0 Å². The van der Waals surface area contributed by atoms with Crippen LogP contribution >= 0.6 is 0 Å². The summed E-state index contributed by atoms with van der Waals surface area (Å²) in [6.07, 6.45) is 6.19. The number of benzene rings is 1. The number of pyridine rings is 1. The number of carbonyl (C=O) groups is 2.